The molecule has 2 aromatic rings. The van der Waals surface area contributed by atoms with E-state index in [-0.39, 0.29) is 5.91 Å². The molecular weight excluding hydrogens is 270 g/mol. The van der Waals surface area contributed by atoms with Gasteiger partial charge in [0.05, 0.1) is 0 Å². The monoisotopic (exact) mass is 287 g/mol. The number of hydrogen-bond donors (Lipinski definition) is 1. The van der Waals surface area contributed by atoms with Gasteiger partial charge in [-0.05, 0) is 41.0 Å². The van der Waals surface area contributed by atoms with Crippen LogP contribution in [0.3, 0.4) is 0 Å². The Morgan fingerprint density at radius 2 is 2.14 bits per heavy atom. The number of nitrogens with one attached hydrogen (secondary N) is 1. The van der Waals surface area contributed by atoms with Crippen molar-refractivity contribution in [3.8, 4) is 17.0 Å². The first-order valence-electron chi connectivity index (χ1n) is 6.71. The van der Waals surface area contributed by atoms with Crippen LogP contribution >= 0.6 is 0 Å². The predicted octanol–water partition coefficient (Wildman–Crippen LogP) is 3.04. The van der Waals surface area contributed by atoms with Crippen LogP contribution in [-0.2, 0) is 4.79 Å². The highest BCUT2D eigenvalue weighted by Crippen LogP contribution is 2.26. The van der Waals surface area contributed by atoms with Gasteiger partial charge in [0.2, 0.25) is 11.7 Å². The van der Waals surface area contributed by atoms with Crippen molar-refractivity contribution in [2.75, 3.05) is 11.9 Å². The second-order valence-corrected chi connectivity index (χ2v) is 4.38. The lowest BCUT2D eigenvalue weighted by molar-refractivity contribution is -0.116. The lowest BCUT2D eigenvalue weighted by Crippen LogP contribution is -2.11. The zero-order chi connectivity index (χ0) is 15.1. The molecule has 0 spiro atoms. The number of carbonyl (C=O) groups is 1. The molecule has 1 amide bonds. The highest BCUT2D eigenvalue weighted by molar-refractivity contribution is 5.92. The molecule has 0 saturated carbocycles. The second kappa shape index (κ2) is 7.23. The Morgan fingerprint density at radius 1 is 1.38 bits per heavy atom. The van der Waals surface area contributed by atoms with E-state index in [9.17, 15) is 4.79 Å². The van der Waals surface area contributed by atoms with E-state index in [1.165, 1.54) is 0 Å². The fourth-order valence-corrected chi connectivity index (χ4v) is 1.75. The molecule has 1 aromatic carbocycles. The van der Waals surface area contributed by atoms with E-state index >= 15 is 0 Å². The van der Waals surface area contributed by atoms with E-state index in [4.69, 9.17) is 9.37 Å². The summed E-state index contributed by atoms with van der Waals surface area (Å²) in [5.41, 5.74) is 1.28. The molecule has 0 radical (unpaired) electrons. The van der Waals surface area contributed by atoms with E-state index in [1.54, 1.807) is 6.08 Å². The Balaban J connectivity index is 2.13. The molecule has 6 nitrogen and oxygen atoms in total. The molecule has 0 aliphatic heterocycles. The normalized spacial score (nSPS) is 10.1. The number of rotatable bonds is 7. The second-order valence-electron chi connectivity index (χ2n) is 4.38. The lowest BCUT2D eigenvalue weighted by Gasteiger charge is -2.04. The molecule has 0 saturated heterocycles. The van der Waals surface area contributed by atoms with Gasteiger partial charge in [-0.1, -0.05) is 19.6 Å². The number of carbonyl (C=O) groups excluding carboxylic acids is 1. The number of hydrogen-bond acceptors (Lipinski definition) is 5. The van der Waals surface area contributed by atoms with Crippen LogP contribution in [0.15, 0.2) is 41.5 Å². The van der Waals surface area contributed by atoms with Crippen LogP contribution in [0.4, 0.5) is 5.82 Å². The average molecular weight is 287 g/mol. The van der Waals surface area contributed by atoms with E-state index in [0.29, 0.717) is 24.5 Å². The maximum Gasteiger partial charge on any atom is 0.225 e. The predicted molar refractivity (Wildman–Crippen MR) is 79.0 cm³/mol. The van der Waals surface area contributed by atoms with Gasteiger partial charge in [0.25, 0.3) is 0 Å². The molecule has 6 heteroatoms. The zero-order valence-corrected chi connectivity index (χ0v) is 11.8. The van der Waals surface area contributed by atoms with E-state index in [2.05, 4.69) is 22.2 Å². The first-order valence-corrected chi connectivity index (χ1v) is 6.71. The van der Waals surface area contributed by atoms with Gasteiger partial charge in [-0.15, -0.1) is 0 Å². The molecule has 0 fully saturated rings. The van der Waals surface area contributed by atoms with Crippen LogP contribution in [0.1, 0.15) is 19.8 Å². The Kier molecular flexibility index (Phi) is 5.09. The molecule has 0 bridgehead atoms. The van der Waals surface area contributed by atoms with Crippen molar-refractivity contribution >= 4 is 11.7 Å². The van der Waals surface area contributed by atoms with Gasteiger partial charge < -0.3 is 10.1 Å². The summed E-state index contributed by atoms with van der Waals surface area (Å²) in [7, 11) is 0. The van der Waals surface area contributed by atoms with Crippen molar-refractivity contribution in [3.63, 3.8) is 0 Å². The number of amides is 1. The lowest BCUT2D eigenvalue weighted by atomic mass is 10.1. The molecule has 2 rings (SSSR count). The number of anilines is 1. The number of aromatic nitrogens is 2. The maximum absolute atomic E-state index is 11.6. The molecule has 0 aliphatic rings. The van der Waals surface area contributed by atoms with Crippen molar-refractivity contribution in [1.82, 2.24) is 10.3 Å². The van der Waals surface area contributed by atoms with Gasteiger partial charge in [-0.25, -0.2) is 4.63 Å². The van der Waals surface area contributed by atoms with E-state index in [0.717, 1.165) is 17.7 Å². The van der Waals surface area contributed by atoms with Gasteiger partial charge in [0.15, 0.2) is 5.69 Å². The highest BCUT2D eigenvalue weighted by atomic mass is 16.6. The SMILES string of the molecule is C=CCOc1ccc(-c2nonc2NC(=O)CCC)cc1. The first-order chi connectivity index (χ1) is 10.2. The van der Waals surface area contributed by atoms with Crippen molar-refractivity contribution in [3.05, 3.63) is 36.9 Å². The topological polar surface area (TPSA) is 77.2 Å². The van der Waals surface area contributed by atoms with Gasteiger partial charge in [-0.2, -0.15) is 0 Å². The summed E-state index contributed by atoms with van der Waals surface area (Å²) in [6.07, 6.45) is 2.87. The minimum absolute atomic E-state index is 0.111. The molecular formula is C15H17N3O3. The van der Waals surface area contributed by atoms with Crippen LogP contribution in [0, 0.1) is 0 Å². The van der Waals surface area contributed by atoms with Crippen molar-refractivity contribution < 1.29 is 14.2 Å². The Morgan fingerprint density at radius 3 is 2.81 bits per heavy atom. The van der Waals surface area contributed by atoms with Crippen LogP contribution < -0.4 is 10.1 Å². The Bertz CT molecular complexity index is 605. The summed E-state index contributed by atoms with van der Waals surface area (Å²) in [6, 6.07) is 7.27. The van der Waals surface area contributed by atoms with Crippen LogP contribution in [-0.4, -0.2) is 22.8 Å². The van der Waals surface area contributed by atoms with Crippen molar-refractivity contribution in [2.24, 2.45) is 0 Å². The summed E-state index contributed by atoms with van der Waals surface area (Å²) in [6.45, 7) is 5.97. The third-order valence-electron chi connectivity index (χ3n) is 2.72. The summed E-state index contributed by atoms with van der Waals surface area (Å²) >= 11 is 0. The molecule has 110 valence electrons. The standard InChI is InChI=1S/C15H17N3O3/c1-3-5-13(19)16-15-14(17-21-18-15)11-6-8-12(9-7-11)20-10-4-2/h4,6-9H,2-3,5,10H2,1H3,(H,16,18,19). The number of ether oxygens (including phenoxy) is 1. The summed E-state index contributed by atoms with van der Waals surface area (Å²) in [5.74, 6) is 0.945. The number of benzene rings is 1. The molecule has 0 aliphatic carbocycles. The van der Waals surface area contributed by atoms with Crippen molar-refractivity contribution in [1.29, 1.82) is 0 Å². The van der Waals surface area contributed by atoms with Gasteiger partial charge in [-0.3, -0.25) is 4.79 Å². The fourth-order valence-electron chi connectivity index (χ4n) is 1.75. The minimum atomic E-state index is -0.111. The molecule has 1 N–H and O–H groups in total. The van der Waals surface area contributed by atoms with Gasteiger partial charge in [0.1, 0.15) is 12.4 Å². The van der Waals surface area contributed by atoms with Crippen LogP contribution in [0.2, 0.25) is 0 Å². The van der Waals surface area contributed by atoms with Gasteiger partial charge in [0, 0.05) is 12.0 Å². The smallest absolute Gasteiger partial charge is 0.225 e. The van der Waals surface area contributed by atoms with Crippen LogP contribution in [0.25, 0.3) is 11.3 Å². The zero-order valence-electron chi connectivity index (χ0n) is 11.8. The third kappa shape index (κ3) is 3.92. The molecule has 1 heterocycles. The molecule has 1 aromatic heterocycles. The van der Waals surface area contributed by atoms with Crippen molar-refractivity contribution in [2.45, 2.75) is 19.8 Å². The average Bonchev–Trinajstić information content (AvgIpc) is 2.94. The molecule has 0 atom stereocenters. The highest BCUT2D eigenvalue weighted by Gasteiger charge is 2.14. The largest absolute Gasteiger partial charge is 0.490 e. The number of nitrogens with zero attached hydrogens (tertiary/aromatic N) is 2. The summed E-state index contributed by atoms with van der Waals surface area (Å²) in [5, 5.41) is 10.2. The maximum atomic E-state index is 11.6. The van der Waals surface area contributed by atoms with Gasteiger partial charge >= 0.3 is 0 Å². The van der Waals surface area contributed by atoms with Crippen LogP contribution in [0.5, 0.6) is 5.75 Å². The first kappa shape index (κ1) is 14.8. The summed E-state index contributed by atoms with van der Waals surface area (Å²) < 4.78 is 10.1. The molecule has 21 heavy (non-hydrogen) atoms. The Labute approximate surface area is 122 Å². The fraction of sp³-hybridized carbons (Fsp3) is 0.267. The Hall–Kier alpha value is -2.63. The minimum Gasteiger partial charge on any atom is -0.490 e. The quantitative estimate of drug-likeness (QED) is 0.792. The summed E-state index contributed by atoms with van der Waals surface area (Å²) in [4.78, 5) is 11.6. The third-order valence-corrected chi connectivity index (χ3v) is 2.72. The molecule has 0 unspecified atom stereocenters. The van der Waals surface area contributed by atoms with E-state index < -0.39 is 0 Å². The van der Waals surface area contributed by atoms with E-state index in [1.807, 2.05) is 31.2 Å².